The van der Waals surface area contributed by atoms with Crippen molar-refractivity contribution in [2.75, 3.05) is 22.8 Å². The summed E-state index contributed by atoms with van der Waals surface area (Å²) in [6.45, 7) is 3.73. The van der Waals surface area contributed by atoms with E-state index in [9.17, 15) is 17.6 Å². The van der Waals surface area contributed by atoms with Gasteiger partial charge in [-0.15, -0.1) is 0 Å². The summed E-state index contributed by atoms with van der Waals surface area (Å²) in [7, 11) is -3.90. The Morgan fingerprint density at radius 1 is 1.24 bits per heavy atom. The molecule has 6 nitrogen and oxygen atoms in total. The second-order valence-electron chi connectivity index (χ2n) is 5.71. The largest absolute Gasteiger partial charge is 0.490 e. The predicted molar refractivity (Wildman–Crippen MR) is 91.9 cm³/mol. The van der Waals surface area contributed by atoms with Gasteiger partial charge in [0.1, 0.15) is 18.2 Å². The smallest absolute Gasteiger partial charge is 0.261 e. The van der Waals surface area contributed by atoms with Crippen LogP contribution in [-0.4, -0.2) is 27.5 Å². The molecule has 0 atom stereocenters. The normalized spacial score (nSPS) is 13.8. The van der Waals surface area contributed by atoms with Gasteiger partial charge in [-0.1, -0.05) is 0 Å². The number of nitrogens with one attached hydrogen (secondary N) is 1. The number of carbonyl (C=O) groups excluding carboxylic acids is 1. The molecule has 0 radical (unpaired) electrons. The fraction of sp³-hybridized carbons (Fsp3) is 0.235. The quantitative estimate of drug-likeness (QED) is 0.909. The van der Waals surface area contributed by atoms with Gasteiger partial charge in [0.25, 0.3) is 10.0 Å². The molecule has 1 heterocycles. The van der Waals surface area contributed by atoms with Crippen LogP contribution in [0.25, 0.3) is 0 Å². The Morgan fingerprint density at radius 3 is 2.68 bits per heavy atom. The highest BCUT2D eigenvalue weighted by molar-refractivity contribution is 7.92. The van der Waals surface area contributed by atoms with Gasteiger partial charge in [0, 0.05) is 6.92 Å². The Bertz CT molecular complexity index is 944. The number of nitrogens with zero attached hydrogens (tertiary/aromatic N) is 1. The monoisotopic (exact) mass is 364 g/mol. The molecular formula is C17H17FN2O4S. The first-order chi connectivity index (χ1) is 11.8. The summed E-state index contributed by atoms with van der Waals surface area (Å²) in [5.74, 6) is -0.178. The second-order valence-corrected chi connectivity index (χ2v) is 7.40. The SMILES string of the molecule is CC(=O)N1CCOc2ccc(S(=O)(=O)Nc3ccc(F)cc3C)cc21. The predicted octanol–water partition coefficient (Wildman–Crippen LogP) is 2.68. The average molecular weight is 364 g/mol. The van der Waals surface area contributed by atoms with Gasteiger partial charge < -0.3 is 9.64 Å². The van der Waals surface area contributed by atoms with Gasteiger partial charge in [-0.25, -0.2) is 12.8 Å². The van der Waals surface area contributed by atoms with Crippen LogP contribution in [0.4, 0.5) is 15.8 Å². The van der Waals surface area contributed by atoms with Crippen LogP contribution in [0.15, 0.2) is 41.3 Å². The molecule has 0 saturated carbocycles. The van der Waals surface area contributed by atoms with Crippen LogP contribution >= 0.6 is 0 Å². The van der Waals surface area contributed by atoms with E-state index in [1.807, 2.05) is 0 Å². The van der Waals surface area contributed by atoms with E-state index in [0.29, 0.717) is 35.8 Å². The lowest BCUT2D eigenvalue weighted by atomic mass is 10.2. The molecule has 1 aliphatic heterocycles. The highest BCUT2D eigenvalue weighted by atomic mass is 32.2. The lowest BCUT2D eigenvalue weighted by molar-refractivity contribution is -0.116. The molecule has 1 amide bonds. The molecular weight excluding hydrogens is 347 g/mol. The number of fused-ring (bicyclic) bond motifs is 1. The molecule has 0 spiro atoms. The van der Waals surface area contributed by atoms with Crippen LogP contribution in [0.3, 0.4) is 0 Å². The highest BCUT2D eigenvalue weighted by Gasteiger charge is 2.25. The summed E-state index contributed by atoms with van der Waals surface area (Å²) in [5, 5.41) is 0. The van der Waals surface area contributed by atoms with E-state index >= 15 is 0 Å². The Morgan fingerprint density at radius 2 is 2.00 bits per heavy atom. The summed E-state index contributed by atoms with van der Waals surface area (Å²) in [6, 6.07) is 8.13. The third kappa shape index (κ3) is 3.43. The number of carbonyl (C=O) groups is 1. The third-order valence-electron chi connectivity index (χ3n) is 3.92. The van der Waals surface area contributed by atoms with Crippen molar-refractivity contribution in [3.8, 4) is 5.75 Å². The van der Waals surface area contributed by atoms with E-state index in [4.69, 9.17) is 4.74 Å². The minimum atomic E-state index is -3.90. The minimum absolute atomic E-state index is 0.00766. The van der Waals surface area contributed by atoms with Crippen molar-refractivity contribution in [1.82, 2.24) is 0 Å². The number of rotatable bonds is 3. The molecule has 132 valence electrons. The van der Waals surface area contributed by atoms with Crippen molar-refractivity contribution in [2.24, 2.45) is 0 Å². The van der Waals surface area contributed by atoms with Crippen molar-refractivity contribution in [3.05, 3.63) is 47.8 Å². The second kappa shape index (κ2) is 6.36. The average Bonchev–Trinajstić information content (AvgIpc) is 2.56. The summed E-state index contributed by atoms with van der Waals surface area (Å²) in [6.07, 6.45) is 0. The molecule has 0 aliphatic carbocycles. The van der Waals surface area contributed by atoms with Crippen LogP contribution in [-0.2, 0) is 14.8 Å². The molecule has 0 bridgehead atoms. The standard InChI is InChI=1S/C17H17FN2O4S/c1-11-9-13(18)3-5-15(11)19-25(22,23)14-4-6-17-16(10-14)20(12(2)21)7-8-24-17/h3-6,9-10,19H,7-8H2,1-2H3. The number of sulfonamides is 1. The third-order valence-corrected chi connectivity index (χ3v) is 5.28. The molecule has 0 saturated heterocycles. The molecule has 1 N–H and O–H groups in total. The fourth-order valence-electron chi connectivity index (χ4n) is 2.64. The minimum Gasteiger partial charge on any atom is -0.490 e. The molecule has 0 fully saturated rings. The van der Waals surface area contributed by atoms with E-state index in [-0.39, 0.29) is 10.8 Å². The van der Waals surface area contributed by atoms with E-state index in [1.54, 1.807) is 6.92 Å². The van der Waals surface area contributed by atoms with Gasteiger partial charge >= 0.3 is 0 Å². The van der Waals surface area contributed by atoms with E-state index in [0.717, 1.165) is 0 Å². The Kier molecular flexibility index (Phi) is 4.38. The Hall–Kier alpha value is -2.61. The van der Waals surface area contributed by atoms with Crippen molar-refractivity contribution in [1.29, 1.82) is 0 Å². The first-order valence-corrected chi connectivity index (χ1v) is 9.10. The number of hydrogen-bond donors (Lipinski definition) is 1. The van der Waals surface area contributed by atoms with Crippen molar-refractivity contribution in [2.45, 2.75) is 18.7 Å². The summed E-state index contributed by atoms with van der Waals surface area (Å²) in [5.41, 5.74) is 1.17. The Labute approximate surface area is 145 Å². The van der Waals surface area contributed by atoms with Gasteiger partial charge in [-0.3, -0.25) is 9.52 Å². The number of anilines is 2. The molecule has 8 heteroatoms. The van der Waals surface area contributed by atoms with Gasteiger partial charge in [0.05, 0.1) is 22.8 Å². The Balaban J connectivity index is 1.98. The summed E-state index contributed by atoms with van der Waals surface area (Å²) >= 11 is 0. The maximum Gasteiger partial charge on any atom is 0.261 e. The summed E-state index contributed by atoms with van der Waals surface area (Å²) < 4.78 is 46.4. The van der Waals surface area contributed by atoms with Crippen LogP contribution in [0.1, 0.15) is 12.5 Å². The zero-order chi connectivity index (χ0) is 18.2. The van der Waals surface area contributed by atoms with Crippen LogP contribution in [0, 0.1) is 12.7 Å². The van der Waals surface area contributed by atoms with Gasteiger partial charge in [-0.2, -0.15) is 0 Å². The maximum atomic E-state index is 13.2. The molecule has 2 aromatic carbocycles. The molecule has 25 heavy (non-hydrogen) atoms. The molecule has 2 aromatic rings. The number of amides is 1. The van der Waals surface area contributed by atoms with Gasteiger partial charge in [0.2, 0.25) is 5.91 Å². The van der Waals surface area contributed by atoms with Crippen molar-refractivity contribution < 1.29 is 22.3 Å². The number of benzene rings is 2. The number of aryl methyl sites for hydroxylation is 1. The fourth-order valence-corrected chi connectivity index (χ4v) is 3.79. The van der Waals surface area contributed by atoms with Crippen LogP contribution in [0.5, 0.6) is 5.75 Å². The van der Waals surface area contributed by atoms with E-state index in [1.165, 1.54) is 48.2 Å². The first-order valence-electron chi connectivity index (χ1n) is 7.62. The van der Waals surface area contributed by atoms with Crippen molar-refractivity contribution in [3.63, 3.8) is 0 Å². The number of ether oxygens (including phenoxy) is 1. The van der Waals surface area contributed by atoms with E-state index in [2.05, 4.69) is 4.72 Å². The zero-order valence-electron chi connectivity index (χ0n) is 13.7. The highest BCUT2D eigenvalue weighted by Crippen LogP contribution is 2.34. The molecule has 0 aromatic heterocycles. The van der Waals surface area contributed by atoms with Gasteiger partial charge in [-0.05, 0) is 48.9 Å². The van der Waals surface area contributed by atoms with Crippen LogP contribution in [0.2, 0.25) is 0 Å². The lowest BCUT2D eigenvalue weighted by Crippen LogP contribution is -2.36. The zero-order valence-corrected chi connectivity index (χ0v) is 14.6. The molecule has 1 aliphatic rings. The first kappa shape index (κ1) is 17.2. The van der Waals surface area contributed by atoms with Crippen molar-refractivity contribution >= 4 is 27.3 Å². The summed E-state index contributed by atoms with van der Waals surface area (Å²) in [4.78, 5) is 13.2. The van der Waals surface area contributed by atoms with Gasteiger partial charge in [0.15, 0.2) is 0 Å². The topological polar surface area (TPSA) is 75.7 Å². The van der Waals surface area contributed by atoms with E-state index < -0.39 is 15.8 Å². The maximum absolute atomic E-state index is 13.2. The number of halogens is 1. The molecule has 0 unspecified atom stereocenters. The number of hydrogen-bond acceptors (Lipinski definition) is 4. The van der Waals surface area contributed by atoms with Crippen LogP contribution < -0.4 is 14.4 Å². The lowest BCUT2D eigenvalue weighted by Gasteiger charge is -2.29. The molecule has 3 rings (SSSR count).